The lowest BCUT2D eigenvalue weighted by Crippen LogP contribution is -2.18. The molecule has 0 spiro atoms. The van der Waals surface area contributed by atoms with E-state index in [9.17, 15) is 9.18 Å². The Balaban J connectivity index is 1.94. The standard InChI is InChI=1S/C14H11FN4OS/c1-19-8-9(7-16-19)6-12-13(18-14(20)21-12)17-11-4-2-10(15)3-5-11/h2-8H,1H3,(H,17,18,20). The molecule has 0 unspecified atom stereocenters. The first-order valence-corrected chi connectivity index (χ1v) is 6.95. The quantitative estimate of drug-likeness (QED) is 0.927. The third-order valence-corrected chi connectivity index (χ3v) is 3.57. The van der Waals surface area contributed by atoms with Crippen LogP contribution in [0.3, 0.4) is 0 Å². The molecule has 0 radical (unpaired) electrons. The normalized spacial score (nSPS) is 18.5. The van der Waals surface area contributed by atoms with Crippen LogP contribution in [0, 0.1) is 5.82 Å². The fraction of sp³-hybridized carbons (Fsp3) is 0.0714. The zero-order valence-electron chi connectivity index (χ0n) is 11.1. The van der Waals surface area contributed by atoms with Crippen molar-refractivity contribution < 1.29 is 9.18 Å². The number of amidine groups is 1. The highest BCUT2D eigenvalue weighted by Gasteiger charge is 2.23. The molecule has 0 bridgehead atoms. The molecular weight excluding hydrogens is 291 g/mol. The zero-order chi connectivity index (χ0) is 14.8. The van der Waals surface area contributed by atoms with Crippen molar-refractivity contribution in [3.05, 3.63) is 52.9 Å². The fourth-order valence-electron chi connectivity index (χ4n) is 1.82. The number of aromatic nitrogens is 2. The minimum Gasteiger partial charge on any atom is -0.300 e. The van der Waals surface area contributed by atoms with Gasteiger partial charge in [-0.25, -0.2) is 9.38 Å². The summed E-state index contributed by atoms with van der Waals surface area (Å²) >= 11 is 1.07. The number of hydrogen-bond donors (Lipinski definition) is 1. The summed E-state index contributed by atoms with van der Waals surface area (Å²) < 4.78 is 14.6. The summed E-state index contributed by atoms with van der Waals surface area (Å²) in [6.45, 7) is 0. The van der Waals surface area contributed by atoms with Gasteiger partial charge in [-0.3, -0.25) is 9.48 Å². The topological polar surface area (TPSA) is 59.3 Å². The van der Waals surface area contributed by atoms with Crippen LogP contribution in [0.25, 0.3) is 6.08 Å². The van der Waals surface area contributed by atoms with Crippen LogP contribution in [-0.2, 0) is 7.05 Å². The number of carbonyl (C=O) groups is 1. The second kappa shape index (κ2) is 5.53. The van der Waals surface area contributed by atoms with Crippen molar-refractivity contribution in [2.24, 2.45) is 12.0 Å². The molecular formula is C14H11FN4OS. The van der Waals surface area contributed by atoms with Gasteiger partial charge in [0.05, 0.1) is 16.8 Å². The SMILES string of the molecule is Cn1cc(C=C2SC(=O)NC2=Nc2ccc(F)cc2)cn1. The summed E-state index contributed by atoms with van der Waals surface area (Å²) in [5, 5.41) is 6.56. The molecule has 5 nitrogen and oxygen atoms in total. The fourth-order valence-corrected chi connectivity index (χ4v) is 2.56. The number of nitrogens with zero attached hydrogens (tertiary/aromatic N) is 3. The molecule has 7 heteroatoms. The Morgan fingerprint density at radius 2 is 2.14 bits per heavy atom. The van der Waals surface area contributed by atoms with Gasteiger partial charge in [-0.05, 0) is 42.1 Å². The Bertz CT molecular complexity index is 749. The summed E-state index contributed by atoms with van der Waals surface area (Å²) in [6, 6.07) is 5.76. The Hall–Kier alpha value is -2.41. The summed E-state index contributed by atoms with van der Waals surface area (Å²) in [6.07, 6.45) is 5.37. The van der Waals surface area contributed by atoms with Gasteiger partial charge in [-0.1, -0.05) is 0 Å². The van der Waals surface area contributed by atoms with Crippen LogP contribution >= 0.6 is 11.8 Å². The van der Waals surface area contributed by atoms with Crippen LogP contribution in [-0.4, -0.2) is 20.9 Å². The predicted molar refractivity (Wildman–Crippen MR) is 80.8 cm³/mol. The van der Waals surface area contributed by atoms with Crippen molar-refractivity contribution in [1.82, 2.24) is 15.1 Å². The van der Waals surface area contributed by atoms with Gasteiger partial charge in [0.15, 0.2) is 0 Å². The first kappa shape index (κ1) is 13.6. The summed E-state index contributed by atoms with van der Waals surface area (Å²) in [5.41, 5.74) is 1.45. The van der Waals surface area contributed by atoms with E-state index in [1.165, 1.54) is 12.1 Å². The van der Waals surface area contributed by atoms with Crippen LogP contribution in [0.2, 0.25) is 0 Å². The number of aliphatic imine (C=N–C) groups is 1. The molecule has 1 aliphatic rings. The number of rotatable bonds is 2. The predicted octanol–water partition coefficient (Wildman–Crippen LogP) is 3.09. The van der Waals surface area contributed by atoms with E-state index in [0.29, 0.717) is 16.4 Å². The molecule has 1 amide bonds. The van der Waals surface area contributed by atoms with E-state index in [1.807, 2.05) is 19.3 Å². The van der Waals surface area contributed by atoms with Crippen LogP contribution in [0.15, 0.2) is 46.6 Å². The molecule has 1 aromatic heterocycles. The minimum atomic E-state index is -0.324. The minimum absolute atomic E-state index is 0.189. The molecule has 2 heterocycles. The largest absolute Gasteiger partial charge is 0.300 e. The van der Waals surface area contributed by atoms with Gasteiger partial charge in [0.25, 0.3) is 5.24 Å². The van der Waals surface area contributed by atoms with E-state index in [1.54, 1.807) is 23.0 Å². The van der Waals surface area contributed by atoms with Crippen molar-refractivity contribution in [3.63, 3.8) is 0 Å². The molecule has 21 heavy (non-hydrogen) atoms. The smallest absolute Gasteiger partial charge is 0.289 e. The van der Waals surface area contributed by atoms with Crippen molar-refractivity contribution in [1.29, 1.82) is 0 Å². The number of hydrogen-bond acceptors (Lipinski definition) is 4. The van der Waals surface area contributed by atoms with Gasteiger partial charge in [0.1, 0.15) is 11.7 Å². The van der Waals surface area contributed by atoms with Crippen LogP contribution < -0.4 is 5.32 Å². The number of nitrogens with one attached hydrogen (secondary N) is 1. The lowest BCUT2D eigenvalue weighted by Gasteiger charge is -1.99. The highest BCUT2D eigenvalue weighted by atomic mass is 32.2. The average molecular weight is 302 g/mol. The van der Waals surface area contributed by atoms with Gasteiger partial charge < -0.3 is 5.32 Å². The van der Waals surface area contributed by atoms with Crippen molar-refractivity contribution in [2.75, 3.05) is 0 Å². The van der Waals surface area contributed by atoms with Gasteiger partial charge in [0.2, 0.25) is 0 Å². The maximum Gasteiger partial charge on any atom is 0.289 e. The Morgan fingerprint density at radius 3 is 2.81 bits per heavy atom. The lowest BCUT2D eigenvalue weighted by atomic mass is 10.3. The number of amides is 1. The van der Waals surface area contributed by atoms with Crippen LogP contribution in [0.1, 0.15) is 5.56 Å². The molecule has 1 fully saturated rings. The molecule has 0 saturated carbocycles. The third-order valence-electron chi connectivity index (χ3n) is 2.75. The van der Waals surface area contributed by atoms with Gasteiger partial charge >= 0.3 is 0 Å². The number of halogens is 1. The van der Waals surface area contributed by atoms with E-state index in [0.717, 1.165) is 17.3 Å². The zero-order valence-corrected chi connectivity index (χ0v) is 11.9. The van der Waals surface area contributed by atoms with Gasteiger partial charge in [-0.15, -0.1) is 0 Å². The number of carbonyl (C=O) groups excluding carboxylic acids is 1. The average Bonchev–Trinajstić information content (AvgIpc) is 2.99. The molecule has 0 aliphatic carbocycles. The third kappa shape index (κ3) is 3.19. The van der Waals surface area contributed by atoms with E-state index in [4.69, 9.17) is 0 Å². The van der Waals surface area contributed by atoms with Gasteiger partial charge in [0, 0.05) is 18.8 Å². The Morgan fingerprint density at radius 1 is 1.38 bits per heavy atom. The summed E-state index contributed by atoms with van der Waals surface area (Å²) in [5.74, 6) is 0.135. The summed E-state index contributed by atoms with van der Waals surface area (Å²) in [7, 11) is 1.82. The Kier molecular flexibility index (Phi) is 3.57. The van der Waals surface area contributed by atoms with Crippen LogP contribution in [0.4, 0.5) is 14.9 Å². The molecule has 1 saturated heterocycles. The monoisotopic (exact) mass is 302 g/mol. The maximum absolute atomic E-state index is 12.9. The highest BCUT2D eigenvalue weighted by Crippen LogP contribution is 2.28. The number of aryl methyl sites for hydroxylation is 1. The molecule has 1 N–H and O–H groups in total. The van der Waals surface area contributed by atoms with E-state index >= 15 is 0 Å². The highest BCUT2D eigenvalue weighted by molar-refractivity contribution is 8.18. The molecule has 0 atom stereocenters. The van der Waals surface area contributed by atoms with Crippen LogP contribution in [0.5, 0.6) is 0 Å². The molecule has 106 valence electrons. The molecule has 3 rings (SSSR count). The number of thioether (sulfide) groups is 1. The van der Waals surface area contributed by atoms with E-state index in [2.05, 4.69) is 15.4 Å². The lowest BCUT2D eigenvalue weighted by molar-refractivity contribution is 0.265. The second-order valence-corrected chi connectivity index (χ2v) is 5.42. The first-order valence-electron chi connectivity index (χ1n) is 6.14. The van der Waals surface area contributed by atoms with E-state index in [-0.39, 0.29) is 11.1 Å². The molecule has 1 aromatic carbocycles. The van der Waals surface area contributed by atoms with Crippen molar-refractivity contribution in [3.8, 4) is 0 Å². The van der Waals surface area contributed by atoms with Crippen molar-refractivity contribution >= 4 is 34.6 Å². The van der Waals surface area contributed by atoms with Gasteiger partial charge in [-0.2, -0.15) is 5.10 Å². The Labute approximate surface area is 124 Å². The van der Waals surface area contributed by atoms with E-state index < -0.39 is 0 Å². The second-order valence-electron chi connectivity index (χ2n) is 4.41. The molecule has 2 aromatic rings. The first-order chi connectivity index (χ1) is 10.1. The number of benzene rings is 1. The van der Waals surface area contributed by atoms with Crippen molar-refractivity contribution in [2.45, 2.75) is 0 Å². The maximum atomic E-state index is 12.9. The summed E-state index contributed by atoms with van der Waals surface area (Å²) in [4.78, 5) is 16.6. The molecule has 1 aliphatic heterocycles.